The molecule has 0 saturated carbocycles. The molecule has 4 nitrogen and oxygen atoms in total. The molecule has 3 heterocycles. The van der Waals surface area contributed by atoms with Crippen LogP contribution in [0.15, 0.2) is 43.0 Å². The van der Waals surface area contributed by atoms with Crippen molar-refractivity contribution in [2.24, 2.45) is 0 Å². The number of benzene rings is 1. The van der Waals surface area contributed by atoms with E-state index in [1.165, 1.54) is 0 Å². The van der Waals surface area contributed by atoms with Crippen molar-refractivity contribution in [3.8, 4) is 0 Å². The summed E-state index contributed by atoms with van der Waals surface area (Å²) in [7, 11) is 9.75. The van der Waals surface area contributed by atoms with Crippen molar-refractivity contribution in [2.45, 2.75) is 0 Å². The molecule has 7 heteroatoms. The quantitative estimate of drug-likeness (QED) is 0.382. The summed E-state index contributed by atoms with van der Waals surface area (Å²) >= 11 is -0.472. The van der Waals surface area contributed by atoms with E-state index >= 15 is 0 Å². The van der Waals surface area contributed by atoms with Gasteiger partial charge in [-0.25, -0.2) is 9.97 Å². The van der Waals surface area contributed by atoms with Gasteiger partial charge in [0.2, 0.25) is 0 Å². The number of imidazole rings is 1. The van der Waals surface area contributed by atoms with Crippen LogP contribution in [-0.4, -0.2) is 19.9 Å². The average Bonchev–Trinajstić information content (AvgIpc) is 2.98. The van der Waals surface area contributed by atoms with Gasteiger partial charge in [-0.1, -0.05) is 0 Å². The van der Waals surface area contributed by atoms with E-state index in [1.807, 2.05) is 30.5 Å². The predicted molar refractivity (Wildman–Crippen MR) is 78.4 cm³/mol. The Kier molecular flexibility index (Phi) is 4.15. The Bertz CT molecular complexity index is 808. The van der Waals surface area contributed by atoms with Gasteiger partial charge in [0.15, 0.2) is 0 Å². The number of fused-ring (bicyclic) bond motifs is 6. The number of nitrogens with one attached hydrogen (secondary N) is 1. The number of rotatable bonds is 0. The first-order chi connectivity index (χ1) is 9.86. The molecule has 0 aliphatic heterocycles. The molecule has 0 fully saturated rings. The van der Waals surface area contributed by atoms with Gasteiger partial charge in [0.1, 0.15) is 17.4 Å². The summed E-state index contributed by atoms with van der Waals surface area (Å²) in [6, 6.07) is 7.95. The molecule has 1 N–H and O–H groups in total. The Morgan fingerprint density at radius 3 is 2.40 bits per heavy atom. The fraction of sp³-hybridized carbons (Fsp3) is 0. The number of pyridine rings is 2. The van der Waals surface area contributed by atoms with Gasteiger partial charge >= 0.3 is 35.3 Å². The summed E-state index contributed by atoms with van der Waals surface area (Å²) in [5.41, 5.74) is 3.80. The van der Waals surface area contributed by atoms with E-state index in [4.69, 9.17) is 18.8 Å². The molecule has 0 bridgehead atoms. The van der Waals surface area contributed by atoms with Crippen LogP contribution in [0.5, 0.6) is 0 Å². The minimum absolute atomic E-state index is 0.472. The van der Waals surface area contributed by atoms with E-state index in [0.717, 1.165) is 32.8 Å². The molecule has 0 saturated heterocycles. The summed E-state index contributed by atoms with van der Waals surface area (Å²) in [5, 5.41) is 2.10. The molecule has 0 atom stereocenters. The predicted octanol–water partition coefficient (Wildman–Crippen LogP) is 4.04. The van der Waals surface area contributed by atoms with Gasteiger partial charge in [-0.05, 0) is 24.3 Å². The van der Waals surface area contributed by atoms with E-state index in [9.17, 15) is 0 Å². The van der Waals surface area contributed by atoms with Gasteiger partial charge in [0, 0.05) is 23.2 Å². The number of hydrogen-bond acceptors (Lipinski definition) is 3. The maximum absolute atomic E-state index is 4.88. The molecule has 4 aromatic rings. The number of aromatic amines is 1. The second-order valence-corrected chi connectivity index (χ2v) is 7.26. The third-order valence-electron chi connectivity index (χ3n) is 3.01. The number of hydrogen-bond donors (Lipinski definition) is 1. The molecule has 0 spiro atoms. The van der Waals surface area contributed by atoms with Crippen LogP contribution in [0.1, 0.15) is 0 Å². The zero-order valence-electron chi connectivity index (χ0n) is 9.96. The topological polar surface area (TPSA) is 54.5 Å². The van der Waals surface area contributed by atoms with Gasteiger partial charge in [-0.3, -0.25) is 4.98 Å². The van der Waals surface area contributed by atoms with Crippen LogP contribution in [-0.2, 0) is 16.5 Å². The summed E-state index contributed by atoms with van der Waals surface area (Å²) < 4.78 is 0. The molecule has 0 aliphatic rings. The summed E-state index contributed by atoms with van der Waals surface area (Å²) in [4.78, 5) is 16.4. The van der Waals surface area contributed by atoms with Crippen molar-refractivity contribution < 1.29 is 16.5 Å². The van der Waals surface area contributed by atoms with Crippen LogP contribution < -0.4 is 0 Å². The maximum Gasteiger partial charge on any atom is 0.116 e. The first kappa shape index (κ1) is 13.7. The first-order valence-corrected chi connectivity index (χ1v) is 11.3. The van der Waals surface area contributed by atoms with E-state index < -0.39 is 16.5 Å². The van der Waals surface area contributed by atoms with Crippen LogP contribution in [0.2, 0.25) is 0 Å². The SMILES string of the molecule is [Cl][Pt][Cl].c1cnc2c(c1)c1ncnc1c1ccc[nH]c12. The van der Waals surface area contributed by atoms with Crippen LogP contribution in [0.3, 0.4) is 0 Å². The van der Waals surface area contributed by atoms with Crippen molar-refractivity contribution in [3.05, 3.63) is 43.0 Å². The molecule has 0 aliphatic carbocycles. The fourth-order valence-electron chi connectivity index (χ4n) is 2.29. The summed E-state index contributed by atoms with van der Waals surface area (Å²) in [6.45, 7) is 0. The smallest absolute Gasteiger partial charge is 0.116 e. The molecular weight excluding hydrogens is 478 g/mol. The molecule has 104 valence electrons. The number of halogens is 2. The van der Waals surface area contributed by atoms with E-state index in [2.05, 4.69) is 19.9 Å². The van der Waals surface area contributed by atoms with Crippen molar-refractivity contribution in [1.82, 2.24) is 19.9 Å². The zero-order valence-corrected chi connectivity index (χ0v) is 13.7. The minimum atomic E-state index is -0.472. The normalized spacial score (nSPS) is 10.9. The van der Waals surface area contributed by atoms with Crippen molar-refractivity contribution in [1.29, 1.82) is 0 Å². The zero-order chi connectivity index (χ0) is 13.9. The molecule has 0 radical (unpaired) electrons. The van der Waals surface area contributed by atoms with Gasteiger partial charge in [-0.15, -0.1) is 0 Å². The number of nitrogens with zero attached hydrogens (tertiary/aromatic N) is 3. The van der Waals surface area contributed by atoms with E-state index in [1.54, 1.807) is 12.5 Å². The summed E-state index contributed by atoms with van der Waals surface area (Å²) in [5.74, 6) is 0. The van der Waals surface area contributed by atoms with Crippen LogP contribution in [0, 0.1) is 0 Å². The minimum Gasteiger partial charge on any atom is -0.359 e. The second-order valence-electron chi connectivity index (χ2n) is 3.97. The Morgan fingerprint density at radius 1 is 0.900 bits per heavy atom. The Labute approximate surface area is 130 Å². The maximum atomic E-state index is 4.88. The van der Waals surface area contributed by atoms with Gasteiger partial charge in [0.25, 0.3) is 0 Å². The molecule has 20 heavy (non-hydrogen) atoms. The molecule has 0 unspecified atom stereocenters. The number of aromatic nitrogens is 4. The van der Waals surface area contributed by atoms with E-state index in [0.29, 0.717) is 0 Å². The molecule has 4 rings (SSSR count). The van der Waals surface area contributed by atoms with Crippen molar-refractivity contribution in [2.75, 3.05) is 0 Å². The van der Waals surface area contributed by atoms with Gasteiger partial charge in [0.05, 0.1) is 11.0 Å². The Balaban J connectivity index is 0.000000373. The third-order valence-corrected chi connectivity index (χ3v) is 3.01. The van der Waals surface area contributed by atoms with Crippen LogP contribution >= 0.6 is 18.8 Å². The van der Waals surface area contributed by atoms with Crippen molar-refractivity contribution >= 4 is 51.7 Å². The van der Waals surface area contributed by atoms with Gasteiger partial charge < -0.3 is 4.98 Å². The number of H-pyrrole nitrogens is 1. The molecule has 0 amide bonds. The third kappa shape index (κ3) is 2.28. The first-order valence-electron chi connectivity index (χ1n) is 5.63. The Morgan fingerprint density at radius 2 is 1.60 bits per heavy atom. The van der Waals surface area contributed by atoms with E-state index in [-0.39, 0.29) is 0 Å². The van der Waals surface area contributed by atoms with Crippen LogP contribution in [0.4, 0.5) is 0 Å². The van der Waals surface area contributed by atoms with Crippen LogP contribution in [0.25, 0.3) is 32.8 Å². The Hall–Kier alpha value is -1.22. The monoisotopic (exact) mass is 485 g/mol. The molecular formula is C13H8Cl2N4Pt. The average molecular weight is 486 g/mol. The second kappa shape index (κ2) is 6.04. The molecule has 1 aromatic carbocycles. The fourth-order valence-corrected chi connectivity index (χ4v) is 2.29. The van der Waals surface area contributed by atoms with Crippen molar-refractivity contribution in [3.63, 3.8) is 0 Å². The summed E-state index contributed by atoms with van der Waals surface area (Å²) in [6.07, 6.45) is 5.30. The molecule has 3 aromatic heterocycles. The largest absolute Gasteiger partial charge is 0.359 e. The van der Waals surface area contributed by atoms with Gasteiger partial charge in [-0.2, -0.15) is 0 Å². The standard InChI is InChI=1S/C13H8N4.2ClH.Pt/c1-3-8-10(14-5-1)11-9(4-2-6-15-11)13-12(8)16-7-17-13;;;/h1-7,14H;2*1H;/q;;;+2/p-2.